The highest BCUT2D eigenvalue weighted by Gasteiger charge is 2.08. The highest BCUT2D eigenvalue weighted by Crippen LogP contribution is 2.14. The summed E-state index contributed by atoms with van der Waals surface area (Å²) in [6, 6.07) is 6.92. The predicted octanol–water partition coefficient (Wildman–Crippen LogP) is 2.79. The van der Waals surface area contributed by atoms with Crippen molar-refractivity contribution in [3.63, 3.8) is 0 Å². The largest absolute Gasteiger partial charge is 0.492 e. The zero-order chi connectivity index (χ0) is 13.4. The smallest absolute Gasteiger partial charge is 0.338 e. The van der Waals surface area contributed by atoms with Crippen molar-refractivity contribution in [3.05, 3.63) is 29.8 Å². The van der Waals surface area contributed by atoms with Crippen molar-refractivity contribution in [1.82, 2.24) is 0 Å². The summed E-state index contributed by atoms with van der Waals surface area (Å²) in [5.41, 5.74) is 6.11. The molecular weight excluding hydrogens is 266 g/mol. The van der Waals surface area contributed by atoms with E-state index >= 15 is 0 Å². The Labute approximate surface area is 120 Å². The molecule has 0 saturated carbocycles. The van der Waals surface area contributed by atoms with E-state index in [0.717, 1.165) is 12.8 Å². The molecule has 1 aromatic rings. The molecule has 108 valence electrons. The summed E-state index contributed by atoms with van der Waals surface area (Å²) in [5, 5.41) is 0. The van der Waals surface area contributed by atoms with Crippen LogP contribution in [0.4, 0.5) is 0 Å². The second-order valence-corrected chi connectivity index (χ2v) is 4.31. The second-order valence-electron chi connectivity index (χ2n) is 4.31. The molecule has 0 bridgehead atoms. The van der Waals surface area contributed by atoms with Gasteiger partial charge in [-0.3, -0.25) is 0 Å². The first-order valence-electron chi connectivity index (χ1n) is 6.29. The average Bonchev–Trinajstić information content (AvgIpc) is 2.37. The maximum absolute atomic E-state index is 11.7. The van der Waals surface area contributed by atoms with E-state index in [2.05, 4.69) is 6.92 Å². The first kappa shape index (κ1) is 17.7. The van der Waals surface area contributed by atoms with Crippen LogP contribution in [0.25, 0.3) is 0 Å². The molecule has 0 aromatic heterocycles. The highest BCUT2D eigenvalue weighted by atomic mass is 35.5. The van der Waals surface area contributed by atoms with Gasteiger partial charge in [0.15, 0.2) is 0 Å². The van der Waals surface area contributed by atoms with Gasteiger partial charge in [-0.05, 0) is 31.5 Å². The number of carbonyl (C=O) groups is 1. The Kier molecular flexibility index (Phi) is 9.00. The van der Waals surface area contributed by atoms with E-state index in [0.29, 0.717) is 24.5 Å². The Morgan fingerprint density at radius 3 is 2.79 bits per heavy atom. The molecule has 1 aromatic carbocycles. The lowest BCUT2D eigenvalue weighted by Gasteiger charge is -2.10. The average molecular weight is 288 g/mol. The van der Waals surface area contributed by atoms with Crippen LogP contribution in [-0.4, -0.2) is 25.2 Å². The molecule has 0 aliphatic rings. The topological polar surface area (TPSA) is 61.5 Å². The lowest BCUT2D eigenvalue weighted by Crippen LogP contribution is -2.23. The zero-order valence-corrected chi connectivity index (χ0v) is 12.2. The molecule has 19 heavy (non-hydrogen) atoms. The summed E-state index contributed by atoms with van der Waals surface area (Å²) in [5.74, 6) is 0.326. The van der Waals surface area contributed by atoms with Gasteiger partial charge in [-0.25, -0.2) is 4.79 Å². The molecule has 0 aliphatic heterocycles. The van der Waals surface area contributed by atoms with E-state index < -0.39 is 0 Å². The minimum absolute atomic E-state index is 0. The molecule has 0 saturated heterocycles. The van der Waals surface area contributed by atoms with Crippen molar-refractivity contribution in [2.24, 2.45) is 5.73 Å². The molecule has 0 aliphatic carbocycles. The van der Waals surface area contributed by atoms with E-state index in [-0.39, 0.29) is 24.4 Å². The predicted molar refractivity (Wildman–Crippen MR) is 78.0 cm³/mol. The fourth-order valence-electron chi connectivity index (χ4n) is 1.33. The van der Waals surface area contributed by atoms with Crippen LogP contribution in [0, 0.1) is 0 Å². The number of carbonyl (C=O) groups excluding carboxylic acids is 1. The van der Waals surface area contributed by atoms with Crippen molar-refractivity contribution in [2.75, 3.05) is 13.2 Å². The van der Waals surface area contributed by atoms with Crippen LogP contribution in [0.2, 0.25) is 0 Å². The standard InChI is InChI=1S/C14H21NO3.ClH/c1-3-4-8-17-14(16)12-6-5-7-13(9-12)18-10-11(2)15;/h5-7,9,11H,3-4,8,10,15H2,1-2H3;1H. The van der Waals surface area contributed by atoms with E-state index in [4.69, 9.17) is 15.2 Å². The quantitative estimate of drug-likeness (QED) is 0.619. The fourth-order valence-corrected chi connectivity index (χ4v) is 1.33. The highest BCUT2D eigenvalue weighted by molar-refractivity contribution is 5.89. The molecule has 1 rings (SSSR count). The van der Waals surface area contributed by atoms with Gasteiger partial charge >= 0.3 is 5.97 Å². The Bertz CT molecular complexity index is 383. The molecule has 0 heterocycles. The minimum Gasteiger partial charge on any atom is -0.492 e. The number of nitrogens with two attached hydrogens (primary N) is 1. The Balaban J connectivity index is 0.00000324. The number of ether oxygens (including phenoxy) is 2. The molecule has 2 N–H and O–H groups in total. The number of esters is 1. The maximum atomic E-state index is 11.7. The zero-order valence-electron chi connectivity index (χ0n) is 11.4. The van der Waals surface area contributed by atoms with Crippen LogP contribution in [0.15, 0.2) is 24.3 Å². The number of unbranched alkanes of at least 4 members (excludes halogenated alkanes) is 1. The summed E-state index contributed by atoms with van der Waals surface area (Å²) in [4.78, 5) is 11.7. The molecule has 1 atom stereocenters. The van der Waals surface area contributed by atoms with E-state index in [1.165, 1.54) is 0 Å². The Morgan fingerprint density at radius 2 is 2.16 bits per heavy atom. The molecule has 0 spiro atoms. The molecule has 1 unspecified atom stereocenters. The number of benzene rings is 1. The van der Waals surface area contributed by atoms with Gasteiger partial charge in [-0.2, -0.15) is 0 Å². The van der Waals surface area contributed by atoms with Crippen LogP contribution in [0.1, 0.15) is 37.0 Å². The molecular formula is C14H22ClNO3. The Hall–Kier alpha value is -1.26. The van der Waals surface area contributed by atoms with Crippen LogP contribution < -0.4 is 10.5 Å². The van der Waals surface area contributed by atoms with E-state index in [1.54, 1.807) is 24.3 Å². The fraction of sp³-hybridized carbons (Fsp3) is 0.500. The van der Waals surface area contributed by atoms with E-state index in [9.17, 15) is 4.79 Å². The van der Waals surface area contributed by atoms with Gasteiger partial charge in [-0.15, -0.1) is 12.4 Å². The maximum Gasteiger partial charge on any atom is 0.338 e. The van der Waals surface area contributed by atoms with E-state index in [1.807, 2.05) is 6.92 Å². The summed E-state index contributed by atoms with van der Waals surface area (Å²) < 4.78 is 10.6. The number of hydrogen-bond donors (Lipinski definition) is 1. The monoisotopic (exact) mass is 287 g/mol. The number of rotatable bonds is 7. The minimum atomic E-state index is -0.310. The van der Waals surface area contributed by atoms with Gasteiger partial charge in [0.1, 0.15) is 12.4 Å². The lowest BCUT2D eigenvalue weighted by molar-refractivity contribution is 0.0499. The third-order valence-electron chi connectivity index (χ3n) is 2.31. The van der Waals surface area contributed by atoms with Crippen molar-refractivity contribution in [3.8, 4) is 5.75 Å². The lowest BCUT2D eigenvalue weighted by atomic mass is 10.2. The van der Waals surface area contributed by atoms with Crippen molar-refractivity contribution >= 4 is 18.4 Å². The van der Waals surface area contributed by atoms with Crippen LogP contribution in [0.5, 0.6) is 5.75 Å². The molecule has 0 fully saturated rings. The van der Waals surface area contributed by atoms with Crippen molar-refractivity contribution in [2.45, 2.75) is 32.7 Å². The molecule has 5 heteroatoms. The van der Waals surface area contributed by atoms with Crippen LogP contribution >= 0.6 is 12.4 Å². The second kappa shape index (κ2) is 9.64. The Morgan fingerprint density at radius 1 is 1.42 bits per heavy atom. The summed E-state index contributed by atoms with van der Waals surface area (Å²) in [6.45, 7) is 4.80. The molecule has 0 amide bonds. The summed E-state index contributed by atoms with van der Waals surface area (Å²) in [6.07, 6.45) is 1.89. The van der Waals surface area contributed by atoms with Gasteiger partial charge in [0.2, 0.25) is 0 Å². The number of halogens is 1. The third kappa shape index (κ3) is 7.03. The van der Waals surface area contributed by atoms with Gasteiger partial charge in [0.05, 0.1) is 12.2 Å². The van der Waals surface area contributed by atoms with Crippen molar-refractivity contribution < 1.29 is 14.3 Å². The molecule has 0 radical (unpaired) electrons. The SMILES string of the molecule is CCCCOC(=O)c1cccc(OCC(C)N)c1.Cl. The van der Waals surface area contributed by atoms with Gasteiger partial charge in [0.25, 0.3) is 0 Å². The van der Waals surface area contributed by atoms with Crippen LogP contribution in [0.3, 0.4) is 0 Å². The first-order chi connectivity index (χ1) is 8.63. The van der Waals surface area contributed by atoms with Gasteiger partial charge in [0, 0.05) is 6.04 Å². The summed E-state index contributed by atoms with van der Waals surface area (Å²) >= 11 is 0. The van der Waals surface area contributed by atoms with Crippen molar-refractivity contribution in [1.29, 1.82) is 0 Å². The van der Waals surface area contributed by atoms with Gasteiger partial charge < -0.3 is 15.2 Å². The first-order valence-corrected chi connectivity index (χ1v) is 6.29. The molecule has 4 nitrogen and oxygen atoms in total. The van der Waals surface area contributed by atoms with Gasteiger partial charge in [-0.1, -0.05) is 19.4 Å². The normalized spacial score (nSPS) is 11.3. The third-order valence-corrected chi connectivity index (χ3v) is 2.31. The van der Waals surface area contributed by atoms with Crippen LogP contribution in [-0.2, 0) is 4.74 Å². The summed E-state index contributed by atoms with van der Waals surface area (Å²) in [7, 11) is 0. The number of hydrogen-bond acceptors (Lipinski definition) is 4.